The highest BCUT2D eigenvalue weighted by Crippen LogP contribution is 2.23. The minimum Gasteiger partial charge on any atom is -0.489 e. The van der Waals surface area contributed by atoms with Crippen molar-refractivity contribution in [2.75, 3.05) is 0 Å². The quantitative estimate of drug-likeness (QED) is 0.604. The second-order valence-electron chi connectivity index (χ2n) is 6.49. The summed E-state index contributed by atoms with van der Waals surface area (Å²) in [6, 6.07) is 25.0. The van der Waals surface area contributed by atoms with Gasteiger partial charge in [0.2, 0.25) is 0 Å². The van der Waals surface area contributed by atoms with Gasteiger partial charge >= 0.3 is 5.97 Å². The van der Waals surface area contributed by atoms with Crippen molar-refractivity contribution in [3.8, 4) is 11.8 Å². The fourth-order valence-electron chi connectivity index (χ4n) is 3.17. The molecule has 0 aliphatic heterocycles. The first-order valence-corrected chi connectivity index (χ1v) is 9.19. The van der Waals surface area contributed by atoms with E-state index in [1.54, 1.807) is 6.07 Å². The molecule has 0 aliphatic rings. The Morgan fingerprint density at radius 1 is 0.893 bits per heavy atom. The Hall–Kier alpha value is -3.58. The largest absolute Gasteiger partial charge is 0.489 e. The number of hydrogen-bond donors (Lipinski definition) is 1. The molecule has 28 heavy (non-hydrogen) atoms. The molecule has 0 aromatic heterocycles. The van der Waals surface area contributed by atoms with Crippen LogP contribution in [0.3, 0.4) is 0 Å². The molecular weight excluding hydrogens is 350 g/mol. The van der Waals surface area contributed by atoms with Crippen LogP contribution in [0.4, 0.5) is 0 Å². The third-order valence-electron chi connectivity index (χ3n) is 4.59. The van der Waals surface area contributed by atoms with Gasteiger partial charge in [0.15, 0.2) is 0 Å². The molecule has 1 N–H and O–H groups in total. The second kappa shape index (κ2) is 9.38. The molecule has 0 fully saturated rings. The van der Waals surface area contributed by atoms with E-state index in [2.05, 4.69) is 0 Å². The monoisotopic (exact) mass is 371 g/mol. The van der Waals surface area contributed by atoms with Crippen molar-refractivity contribution in [2.45, 2.75) is 25.9 Å². The summed E-state index contributed by atoms with van der Waals surface area (Å²) in [7, 11) is 0. The molecule has 4 nitrogen and oxygen atoms in total. The number of benzene rings is 3. The van der Waals surface area contributed by atoms with Gasteiger partial charge in [-0.15, -0.1) is 0 Å². The fourth-order valence-corrected chi connectivity index (χ4v) is 3.17. The summed E-state index contributed by atoms with van der Waals surface area (Å²) in [5.41, 5.74) is 3.30. The van der Waals surface area contributed by atoms with Gasteiger partial charge in [-0.1, -0.05) is 60.7 Å². The van der Waals surface area contributed by atoms with Crippen molar-refractivity contribution in [3.05, 3.63) is 101 Å². The molecule has 0 amide bonds. The van der Waals surface area contributed by atoms with Crippen LogP contribution >= 0.6 is 0 Å². The molecule has 3 rings (SSSR count). The molecule has 140 valence electrons. The van der Waals surface area contributed by atoms with Gasteiger partial charge in [0, 0.05) is 0 Å². The van der Waals surface area contributed by atoms with E-state index in [0.717, 1.165) is 35.3 Å². The lowest BCUT2D eigenvalue weighted by atomic mass is 9.96. The van der Waals surface area contributed by atoms with Crippen molar-refractivity contribution in [1.82, 2.24) is 0 Å². The molecule has 3 aromatic carbocycles. The Morgan fingerprint density at radius 2 is 1.57 bits per heavy atom. The van der Waals surface area contributed by atoms with E-state index in [1.165, 1.54) is 6.07 Å². The summed E-state index contributed by atoms with van der Waals surface area (Å²) in [6.07, 6.45) is 2.22. The summed E-state index contributed by atoms with van der Waals surface area (Å²) in [5, 5.41) is 18.6. The van der Waals surface area contributed by atoms with Gasteiger partial charge in [-0.25, -0.2) is 4.79 Å². The zero-order valence-electron chi connectivity index (χ0n) is 15.5. The maximum absolute atomic E-state index is 11.3. The predicted molar refractivity (Wildman–Crippen MR) is 107 cm³/mol. The minimum absolute atomic E-state index is 0.0617. The molecule has 4 heteroatoms. The van der Waals surface area contributed by atoms with Gasteiger partial charge in [-0.3, -0.25) is 0 Å². The molecule has 0 unspecified atom stereocenters. The van der Waals surface area contributed by atoms with Crippen LogP contribution in [0.2, 0.25) is 0 Å². The van der Waals surface area contributed by atoms with Crippen LogP contribution in [0, 0.1) is 11.3 Å². The summed E-state index contributed by atoms with van der Waals surface area (Å²) in [4.78, 5) is 11.3. The molecule has 0 radical (unpaired) electrons. The number of nitriles is 1. The average molecular weight is 371 g/mol. The number of carboxylic acids is 1. The van der Waals surface area contributed by atoms with Gasteiger partial charge in [-0.2, -0.15) is 5.26 Å². The lowest BCUT2D eigenvalue weighted by Gasteiger charge is -2.12. The summed E-state index contributed by atoms with van der Waals surface area (Å²) in [5.74, 6) is -0.218. The topological polar surface area (TPSA) is 70.3 Å². The van der Waals surface area contributed by atoms with E-state index in [1.807, 2.05) is 66.7 Å². The van der Waals surface area contributed by atoms with E-state index in [9.17, 15) is 15.2 Å². The van der Waals surface area contributed by atoms with Crippen molar-refractivity contribution in [3.63, 3.8) is 0 Å². The highest BCUT2D eigenvalue weighted by molar-refractivity contribution is 5.91. The summed E-state index contributed by atoms with van der Waals surface area (Å²) < 4.78 is 5.99. The molecule has 0 bridgehead atoms. The van der Waals surface area contributed by atoms with Gasteiger partial charge in [0.25, 0.3) is 0 Å². The van der Waals surface area contributed by atoms with Gasteiger partial charge in [0.1, 0.15) is 18.4 Å². The third-order valence-corrected chi connectivity index (χ3v) is 4.59. The number of carbonyl (C=O) groups is 1. The SMILES string of the molecule is N#Cc1c(CCCc2ccccc2OCc2ccccc2)cccc1C(=O)O. The number of rotatable bonds is 8. The number of hydrogen-bond acceptors (Lipinski definition) is 3. The number of para-hydroxylation sites is 1. The molecule has 0 aliphatic carbocycles. The number of carboxylic acid groups (broad SMARTS) is 1. The Bertz CT molecular complexity index is 990. The normalized spacial score (nSPS) is 10.2. The van der Waals surface area contributed by atoms with E-state index >= 15 is 0 Å². The van der Waals surface area contributed by atoms with Crippen molar-refractivity contribution >= 4 is 5.97 Å². The maximum Gasteiger partial charge on any atom is 0.337 e. The minimum atomic E-state index is -1.07. The zero-order chi connectivity index (χ0) is 19.8. The molecule has 0 heterocycles. The molecule has 3 aromatic rings. The summed E-state index contributed by atoms with van der Waals surface area (Å²) >= 11 is 0. The third kappa shape index (κ3) is 4.77. The second-order valence-corrected chi connectivity index (χ2v) is 6.49. The van der Waals surface area contributed by atoms with E-state index < -0.39 is 5.97 Å². The summed E-state index contributed by atoms with van der Waals surface area (Å²) in [6.45, 7) is 0.511. The van der Waals surface area contributed by atoms with Crippen LogP contribution in [0.15, 0.2) is 72.8 Å². The number of aryl methyl sites for hydroxylation is 2. The smallest absolute Gasteiger partial charge is 0.337 e. The van der Waals surface area contributed by atoms with E-state index in [0.29, 0.717) is 13.0 Å². The molecule has 0 atom stereocenters. The highest BCUT2D eigenvalue weighted by atomic mass is 16.5. The van der Waals surface area contributed by atoms with Crippen LogP contribution < -0.4 is 4.74 Å². The predicted octanol–water partition coefficient (Wildman–Crippen LogP) is 5.01. The van der Waals surface area contributed by atoms with Crippen LogP contribution in [0.25, 0.3) is 0 Å². The average Bonchev–Trinajstić information content (AvgIpc) is 2.73. The first kappa shape index (κ1) is 19.2. The van der Waals surface area contributed by atoms with Gasteiger partial charge < -0.3 is 9.84 Å². The number of aromatic carboxylic acids is 1. The maximum atomic E-state index is 11.3. The zero-order valence-corrected chi connectivity index (χ0v) is 15.5. The number of nitrogens with zero attached hydrogens (tertiary/aromatic N) is 1. The van der Waals surface area contributed by atoms with Gasteiger partial charge in [-0.05, 0) is 48.1 Å². The highest BCUT2D eigenvalue weighted by Gasteiger charge is 2.13. The van der Waals surface area contributed by atoms with E-state index in [4.69, 9.17) is 4.74 Å². The first-order chi connectivity index (χ1) is 13.7. The Morgan fingerprint density at radius 3 is 2.32 bits per heavy atom. The van der Waals surface area contributed by atoms with Crippen LogP contribution in [-0.4, -0.2) is 11.1 Å². The van der Waals surface area contributed by atoms with Crippen LogP contribution in [0.5, 0.6) is 5.75 Å². The molecule has 0 saturated heterocycles. The van der Waals surface area contributed by atoms with Crippen molar-refractivity contribution in [1.29, 1.82) is 5.26 Å². The van der Waals surface area contributed by atoms with Crippen LogP contribution in [-0.2, 0) is 19.4 Å². The lowest BCUT2D eigenvalue weighted by Crippen LogP contribution is -2.04. The fraction of sp³-hybridized carbons (Fsp3) is 0.167. The lowest BCUT2D eigenvalue weighted by molar-refractivity contribution is 0.0696. The molecule has 0 saturated carbocycles. The molecule has 0 spiro atoms. The van der Waals surface area contributed by atoms with Crippen LogP contribution in [0.1, 0.15) is 39.0 Å². The van der Waals surface area contributed by atoms with Crippen molar-refractivity contribution in [2.24, 2.45) is 0 Å². The Balaban J connectivity index is 1.65. The van der Waals surface area contributed by atoms with Crippen molar-refractivity contribution < 1.29 is 14.6 Å². The molecular formula is C24H21NO3. The standard InChI is InChI=1S/C24H21NO3/c25-16-22-19(12-7-14-21(22)24(26)27)11-6-13-20-10-4-5-15-23(20)28-17-18-8-2-1-3-9-18/h1-5,7-10,12,14-15H,6,11,13,17H2,(H,26,27). The first-order valence-electron chi connectivity index (χ1n) is 9.19. The van der Waals surface area contributed by atoms with E-state index in [-0.39, 0.29) is 11.1 Å². The Kier molecular flexibility index (Phi) is 6.43. The Labute approximate surface area is 164 Å². The number of ether oxygens (including phenoxy) is 1. The van der Waals surface area contributed by atoms with Gasteiger partial charge in [0.05, 0.1) is 11.1 Å².